The van der Waals surface area contributed by atoms with E-state index < -0.39 is 18.1 Å². The van der Waals surface area contributed by atoms with Crippen LogP contribution in [0.15, 0.2) is 107 Å². The number of carbonyl (C=O) groups excluding carboxylic acids is 3. The van der Waals surface area contributed by atoms with E-state index in [-0.39, 0.29) is 30.7 Å². The molecule has 1 aromatic heterocycles. The van der Waals surface area contributed by atoms with Gasteiger partial charge in [-0.15, -0.1) is 0 Å². The number of H-pyrrole nitrogens is 1. The second kappa shape index (κ2) is 19.1. The van der Waals surface area contributed by atoms with E-state index in [1.165, 1.54) is 4.90 Å². The molecule has 0 saturated carbocycles. The van der Waals surface area contributed by atoms with Crippen LogP contribution in [0.5, 0.6) is 0 Å². The Bertz CT molecular complexity index is 2080. The number of fused-ring (bicyclic) bond motifs is 3. The zero-order chi connectivity index (χ0) is 38.7. The number of aryl methyl sites for hydroxylation is 1. The number of carbonyl (C=O) groups is 3. The molecule has 0 fully saturated rings. The van der Waals surface area contributed by atoms with Crippen molar-refractivity contribution >= 4 is 40.4 Å². The summed E-state index contributed by atoms with van der Waals surface area (Å²) >= 11 is 1.66. The molecule has 0 aliphatic carbocycles. The van der Waals surface area contributed by atoms with Gasteiger partial charge in [0, 0.05) is 53.4 Å². The number of rotatable bonds is 10. The summed E-state index contributed by atoms with van der Waals surface area (Å²) in [6.07, 6.45) is 5.05. The van der Waals surface area contributed by atoms with Crippen LogP contribution in [0.3, 0.4) is 0 Å². The molecule has 0 radical (unpaired) electrons. The molecule has 11 heteroatoms. The highest BCUT2D eigenvalue weighted by atomic mass is 32.2. The number of unbranched alkanes of at least 4 members (excludes halogenated alkanes) is 1. The van der Waals surface area contributed by atoms with Gasteiger partial charge in [0.25, 0.3) is 0 Å². The predicted molar refractivity (Wildman–Crippen MR) is 221 cm³/mol. The Morgan fingerprint density at radius 3 is 2.33 bits per heavy atom. The van der Waals surface area contributed by atoms with Gasteiger partial charge < -0.3 is 37.3 Å². The number of aromatic amines is 1. The monoisotopic (exact) mass is 759 g/mol. The van der Waals surface area contributed by atoms with Crippen molar-refractivity contribution in [2.75, 3.05) is 20.1 Å². The summed E-state index contributed by atoms with van der Waals surface area (Å²) in [5.74, 6) is -0.869. The minimum absolute atomic E-state index is 0.273. The summed E-state index contributed by atoms with van der Waals surface area (Å²) in [5.41, 5.74) is 19.0. The molecule has 288 valence electrons. The van der Waals surface area contributed by atoms with Gasteiger partial charge in [0.1, 0.15) is 12.1 Å². The molecule has 0 bridgehead atoms. The molecule has 6 rings (SSSR count). The van der Waals surface area contributed by atoms with Crippen LogP contribution < -0.4 is 27.4 Å². The van der Waals surface area contributed by atoms with Gasteiger partial charge in [0.2, 0.25) is 17.7 Å². The van der Waals surface area contributed by atoms with Gasteiger partial charge in [0.15, 0.2) is 0 Å². The lowest BCUT2D eigenvalue weighted by Gasteiger charge is -2.32. The van der Waals surface area contributed by atoms with E-state index in [0.29, 0.717) is 51.7 Å². The standard InChI is InChI=1S/C44H53N7O3S/c1-29-12-10-15-32-26-49-43(53)39(25-33-27-47-36-17-7-6-16-35(33)36)51(2)44(54)38(18-8-9-22-45)50-42(52)37(19-11-23-46)48-28-34-24-31(30-13-4-3-5-14-30)20-21-40(34)55-41(29)32/h3-7,10,12-17,20-21,24,27,37-39,47-48H,8-9,11,18-19,22-23,25-26,28,45-46H2,1-2H3,(H,49,53)(H,50,52). The van der Waals surface area contributed by atoms with E-state index in [1.807, 2.05) is 60.8 Å². The summed E-state index contributed by atoms with van der Waals surface area (Å²) in [4.78, 5) is 50.1. The second-order valence-corrected chi connectivity index (χ2v) is 15.4. The molecular weight excluding hydrogens is 707 g/mol. The fraction of sp³-hybridized carbons (Fsp3) is 0.341. The quantitative estimate of drug-likeness (QED) is 0.0982. The van der Waals surface area contributed by atoms with Crippen molar-refractivity contribution < 1.29 is 14.4 Å². The fourth-order valence-electron chi connectivity index (χ4n) is 7.25. The number of benzene rings is 4. The number of para-hydroxylation sites is 1. The topological polar surface area (TPSA) is 158 Å². The van der Waals surface area contributed by atoms with Gasteiger partial charge in [-0.25, -0.2) is 0 Å². The number of hydrogen-bond donors (Lipinski definition) is 6. The van der Waals surface area contributed by atoms with Gasteiger partial charge in [0.05, 0.1) is 6.04 Å². The maximum absolute atomic E-state index is 14.5. The zero-order valence-electron chi connectivity index (χ0n) is 31.8. The predicted octanol–water partition coefficient (Wildman–Crippen LogP) is 5.80. The Kier molecular flexibility index (Phi) is 13.8. The van der Waals surface area contributed by atoms with E-state index in [4.69, 9.17) is 11.5 Å². The molecule has 5 aromatic rings. The Balaban J connectivity index is 1.42. The average Bonchev–Trinajstić information content (AvgIpc) is 3.62. The number of likely N-dealkylation sites (N-methyl/N-ethyl adjacent to an activating group) is 1. The van der Waals surface area contributed by atoms with E-state index in [1.54, 1.807) is 18.8 Å². The van der Waals surface area contributed by atoms with Crippen LogP contribution >= 0.6 is 11.8 Å². The van der Waals surface area contributed by atoms with E-state index >= 15 is 0 Å². The lowest BCUT2D eigenvalue weighted by molar-refractivity contribution is -0.142. The fourth-order valence-corrected chi connectivity index (χ4v) is 8.37. The first kappa shape index (κ1) is 39.7. The van der Waals surface area contributed by atoms with Crippen molar-refractivity contribution in [3.05, 3.63) is 119 Å². The molecule has 2 heterocycles. The highest BCUT2D eigenvalue weighted by molar-refractivity contribution is 7.99. The number of nitrogens with one attached hydrogen (secondary N) is 4. The first-order chi connectivity index (χ1) is 26.8. The largest absolute Gasteiger partial charge is 0.361 e. The minimum atomic E-state index is -0.851. The number of aromatic nitrogens is 1. The van der Waals surface area contributed by atoms with Crippen LogP contribution in [0.1, 0.15) is 54.4 Å². The van der Waals surface area contributed by atoms with E-state index in [9.17, 15) is 14.4 Å². The van der Waals surface area contributed by atoms with E-state index in [0.717, 1.165) is 54.1 Å². The molecule has 1 aliphatic heterocycles. The molecule has 10 nitrogen and oxygen atoms in total. The van der Waals surface area contributed by atoms with Crippen LogP contribution in [-0.4, -0.2) is 65.9 Å². The summed E-state index contributed by atoms with van der Waals surface area (Å²) in [7, 11) is 1.66. The molecule has 3 unspecified atom stereocenters. The Morgan fingerprint density at radius 2 is 1.53 bits per heavy atom. The molecular formula is C44H53N7O3S. The maximum Gasteiger partial charge on any atom is 0.245 e. The van der Waals surface area contributed by atoms with E-state index in [2.05, 4.69) is 64.3 Å². The Labute approximate surface area is 328 Å². The van der Waals surface area contributed by atoms with Gasteiger partial charge >= 0.3 is 0 Å². The SMILES string of the molecule is Cc1cccc2c1Sc1ccc(-c3ccccc3)cc1CNC(CCCN)C(=O)NC(CCCCN)C(=O)N(C)C(Cc1c[nH]c3ccccc13)C(=O)NC2. The first-order valence-electron chi connectivity index (χ1n) is 19.2. The van der Waals surface area contributed by atoms with Crippen LogP contribution in [0.25, 0.3) is 22.0 Å². The smallest absolute Gasteiger partial charge is 0.245 e. The molecule has 8 N–H and O–H groups in total. The van der Waals surface area contributed by atoms with Crippen LogP contribution in [-0.2, 0) is 33.9 Å². The number of nitrogens with two attached hydrogens (primary N) is 2. The van der Waals surface area contributed by atoms with Crippen LogP contribution in [0.2, 0.25) is 0 Å². The zero-order valence-corrected chi connectivity index (χ0v) is 32.6. The van der Waals surface area contributed by atoms with Crippen molar-refractivity contribution in [2.24, 2.45) is 11.5 Å². The summed E-state index contributed by atoms with van der Waals surface area (Å²) in [5, 5.41) is 10.8. The molecule has 0 spiro atoms. The molecule has 0 saturated heterocycles. The molecule has 55 heavy (non-hydrogen) atoms. The lowest BCUT2D eigenvalue weighted by atomic mass is 10.0. The highest BCUT2D eigenvalue weighted by Crippen LogP contribution is 2.37. The minimum Gasteiger partial charge on any atom is -0.361 e. The van der Waals surface area contributed by atoms with Crippen molar-refractivity contribution in [3.63, 3.8) is 0 Å². The average molecular weight is 760 g/mol. The third kappa shape index (κ3) is 9.84. The molecule has 3 amide bonds. The molecule has 4 aromatic carbocycles. The maximum atomic E-state index is 14.5. The normalized spacial score (nSPS) is 18.7. The van der Waals surface area contributed by atoms with Crippen molar-refractivity contribution in [1.29, 1.82) is 0 Å². The third-order valence-electron chi connectivity index (χ3n) is 10.4. The number of nitrogens with zero attached hydrogens (tertiary/aromatic N) is 1. The second-order valence-electron chi connectivity index (χ2n) is 14.3. The summed E-state index contributed by atoms with van der Waals surface area (Å²) < 4.78 is 0. The van der Waals surface area contributed by atoms with Gasteiger partial charge in [-0.3, -0.25) is 14.4 Å². The first-order valence-corrected chi connectivity index (χ1v) is 20.1. The highest BCUT2D eigenvalue weighted by Gasteiger charge is 2.34. The van der Waals surface area contributed by atoms with Crippen LogP contribution in [0.4, 0.5) is 0 Å². The Morgan fingerprint density at radius 1 is 0.764 bits per heavy atom. The Hall–Kier alpha value is -4.94. The van der Waals surface area contributed by atoms with Crippen molar-refractivity contribution in [1.82, 2.24) is 25.8 Å². The van der Waals surface area contributed by atoms with Gasteiger partial charge in [-0.05, 0) is 104 Å². The summed E-state index contributed by atoms with van der Waals surface area (Å²) in [6.45, 7) is 3.68. The van der Waals surface area contributed by atoms with Crippen LogP contribution in [0, 0.1) is 6.92 Å². The van der Waals surface area contributed by atoms with Crippen molar-refractivity contribution in [3.8, 4) is 11.1 Å². The van der Waals surface area contributed by atoms with Gasteiger partial charge in [-0.2, -0.15) is 0 Å². The lowest BCUT2D eigenvalue weighted by Crippen LogP contribution is -2.57. The summed E-state index contributed by atoms with van der Waals surface area (Å²) in [6, 6.07) is 28.4. The number of hydrogen-bond acceptors (Lipinski definition) is 7. The third-order valence-corrected chi connectivity index (χ3v) is 11.9. The molecule has 3 atom stereocenters. The number of amides is 3. The van der Waals surface area contributed by atoms with Crippen molar-refractivity contribution in [2.45, 2.75) is 86.5 Å². The molecule has 1 aliphatic rings. The van der Waals surface area contributed by atoms with Gasteiger partial charge in [-0.1, -0.05) is 84.6 Å².